The molecule has 3 aromatic heterocycles. The third-order valence-corrected chi connectivity index (χ3v) is 18.3. The number of hydrogen-bond acceptors (Lipinski definition) is 12. The molecule has 73 heavy (non-hydrogen) atoms. The molecule has 0 radical (unpaired) electrons. The molecule has 5 unspecified atom stereocenters. The summed E-state index contributed by atoms with van der Waals surface area (Å²) in [6.45, 7) is 10.1. The van der Waals surface area contributed by atoms with E-state index >= 15 is 0 Å². The van der Waals surface area contributed by atoms with E-state index < -0.39 is 34.1 Å². The third-order valence-electron chi connectivity index (χ3n) is 15.0. The predicted octanol–water partition coefficient (Wildman–Crippen LogP) is 10.7. The Kier molecular flexibility index (Phi) is 13.9. The van der Waals surface area contributed by atoms with Gasteiger partial charge < -0.3 is 14.6 Å². The van der Waals surface area contributed by atoms with Gasteiger partial charge in [-0.1, -0.05) is 72.5 Å². The highest BCUT2D eigenvalue weighted by Gasteiger charge is 2.37. The van der Waals surface area contributed by atoms with Crippen LogP contribution in [-0.2, 0) is 33.2 Å². The molecule has 5 heterocycles. The van der Waals surface area contributed by atoms with E-state index in [1.165, 1.54) is 9.18 Å². The number of benzene rings is 4. The van der Waals surface area contributed by atoms with Crippen molar-refractivity contribution in [3.8, 4) is 16.5 Å². The molecule has 0 amide bonds. The van der Waals surface area contributed by atoms with Crippen LogP contribution in [-0.4, -0.2) is 84.8 Å². The van der Waals surface area contributed by atoms with E-state index in [0.717, 1.165) is 87.6 Å². The zero-order chi connectivity index (χ0) is 51.5. The second kappa shape index (κ2) is 20.2. The number of aliphatic imine (C=N–C) groups is 1. The van der Waals surface area contributed by atoms with Crippen LogP contribution in [0, 0.1) is 33.6 Å². The summed E-state index contributed by atoms with van der Waals surface area (Å²) in [7, 11) is -0.765. The summed E-state index contributed by atoms with van der Waals surface area (Å²) in [4.78, 5) is 33.8. The molecule has 1 saturated carbocycles. The number of aryl methyl sites for hydroxylation is 4. The van der Waals surface area contributed by atoms with Crippen molar-refractivity contribution in [2.75, 3.05) is 13.7 Å². The Labute approximate surface area is 434 Å². The van der Waals surface area contributed by atoms with Gasteiger partial charge >= 0.3 is 5.97 Å². The van der Waals surface area contributed by atoms with Crippen molar-refractivity contribution in [3.05, 3.63) is 139 Å². The fraction of sp³-hybridized carbons (Fsp3) is 0.400. The van der Waals surface area contributed by atoms with E-state index in [4.69, 9.17) is 26.1 Å². The summed E-state index contributed by atoms with van der Waals surface area (Å²) in [5.41, 5.74) is 9.09. The normalized spacial score (nSPS) is 20.3. The summed E-state index contributed by atoms with van der Waals surface area (Å²) in [6.07, 6.45) is 4.58. The van der Waals surface area contributed by atoms with Crippen LogP contribution >= 0.6 is 22.9 Å². The monoisotopic (exact) mass is 1040 g/mol. The Morgan fingerprint density at radius 2 is 1.73 bits per heavy atom. The number of thiophene rings is 1. The van der Waals surface area contributed by atoms with Crippen molar-refractivity contribution in [2.45, 2.75) is 121 Å². The fourth-order valence-electron chi connectivity index (χ4n) is 11.0. The minimum absolute atomic E-state index is 0.00920. The first-order valence-electron chi connectivity index (χ1n) is 24.9. The van der Waals surface area contributed by atoms with E-state index in [1.54, 1.807) is 36.2 Å². The highest BCUT2D eigenvalue weighted by Crippen LogP contribution is 2.44. The van der Waals surface area contributed by atoms with Crippen LogP contribution in [0.2, 0.25) is 5.02 Å². The lowest BCUT2D eigenvalue weighted by Crippen LogP contribution is -2.35. The van der Waals surface area contributed by atoms with Crippen molar-refractivity contribution < 1.29 is 32.6 Å². The number of aliphatic carboxylic acids is 1. The summed E-state index contributed by atoms with van der Waals surface area (Å²) in [6, 6.07) is 21.9. The Balaban J connectivity index is 0.914. The number of carbonyl (C=O) groups is 2. The number of sulfonamides is 1. The Morgan fingerprint density at radius 3 is 2.49 bits per heavy atom. The minimum Gasteiger partial charge on any atom is -0.494 e. The molecule has 380 valence electrons. The molecule has 1 N–H and O–H groups in total. The van der Waals surface area contributed by atoms with Gasteiger partial charge in [0, 0.05) is 52.9 Å². The average molecular weight is 1040 g/mol. The maximum absolute atomic E-state index is 14.8. The van der Waals surface area contributed by atoms with Crippen LogP contribution in [0.15, 0.2) is 82.7 Å². The van der Waals surface area contributed by atoms with Crippen LogP contribution in [0.3, 0.4) is 0 Å². The SMILES string of the molecule is COc1cc(C(CC(=O)O)c2ccc(C)c(CN3CC(C)Oc4cc(C5CCCCCC(C(=O)CC6N=C(c7ccc(Cl)cc7)c7c(sc(C)c7C)-n7c(C)nnc76)C5)ccc4S3(=O)=O)c2)cc2nnn(C)c12. The molecule has 0 bridgehead atoms. The molecule has 2 aliphatic heterocycles. The maximum Gasteiger partial charge on any atom is 0.304 e. The molecule has 5 atom stereocenters. The van der Waals surface area contributed by atoms with E-state index in [-0.39, 0.29) is 48.4 Å². The largest absolute Gasteiger partial charge is 0.494 e. The molecule has 7 aromatic rings. The molecule has 15 nitrogen and oxygen atoms in total. The van der Waals surface area contributed by atoms with Gasteiger partial charge in [-0.25, -0.2) is 13.1 Å². The summed E-state index contributed by atoms with van der Waals surface area (Å²) >= 11 is 8.03. The van der Waals surface area contributed by atoms with Gasteiger partial charge in [-0.15, -0.1) is 26.6 Å². The van der Waals surface area contributed by atoms with E-state index in [0.29, 0.717) is 45.4 Å². The molecule has 3 aliphatic rings. The van der Waals surface area contributed by atoms with Crippen molar-refractivity contribution >= 4 is 61.5 Å². The number of rotatable bonds is 12. The molecular weight excluding hydrogens is 984 g/mol. The van der Waals surface area contributed by atoms with Gasteiger partial charge in [0.05, 0.1) is 25.8 Å². The Hall–Kier alpha value is -6.27. The van der Waals surface area contributed by atoms with Gasteiger partial charge in [0.25, 0.3) is 0 Å². The lowest BCUT2D eigenvalue weighted by molar-refractivity contribution is -0.137. The smallest absolute Gasteiger partial charge is 0.304 e. The van der Waals surface area contributed by atoms with Crippen LogP contribution < -0.4 is 9.47 Å². The number of Topliss-reactive ketones (excluding diaryl/α,β-unsaturated/α-hetero) is 1. The van der Waals surface area contributed by atoms with Crippen molar-refractivity contribution in [1.29, 1.82) is 0 Å². The van der Waals surface area contributed by atoms with Gasteiger partial charge in [0.15, 0.2) is 5.82 Å². The molecule has 18 heteroatoms. The number of methoxy groups -OCH3 is 1. The molecular formula is C55H59ClN8O7S2. The minimum atomic E-state index is -4.08. The number of ketones is 1. The van der Waals surface area contributed by atoms with Gasteiger partial charge in [0.2, 0.25) is 10.0 Å². The average Bonchev–Trinajstić information content (AvgIpc) is 3.97. The number of hydrogen-bond donors (Lipinski definition) is 1. The Bertz CT molecular complexity index is 3440. The molecule has 10 rings (SSSR count). The number of ether oxygens (including phenoxy) is 2. The van der Waals surface area contributed by atoms with Gasteiger partial charge in [-0.2, -0.15) is 4.31 Å². The van der Waals surface area contributed by atoms with Crippen molar-refractivity contribution in [1.82, 2.24) is 34.1 Å². The second-order valence-electron chi connectivity index (χ2n) is 19.9. The first-order valence-corrected chi connectivity index (χ1v) is 27.5. The van der Waals surface area contributed by atoms with Crippen LogP contribution in [0.4, 0.5) is 0 Å². The van der Waals surface area contributed by atoms with Crippen LogP contribution in [0.1, 0.15) is 137 Å². The van der Waals surface area contributed by atoms with Crippen LogP contribution in [0.25, 0.3) is 16.0 Å². The lowest BCUT2D eigenvalue weighted by atomic mass is 9.78. The molecule has 4 aromatic carbocycles. The predicted molar refractivity (Wildman–Crippen MR) is 281 cm³/mol. The standard InChI is InChI=1S/C55H59ClN8O7S2/c1-30-13-14-38(43(26-50(66)67)40-23-44-53(48(25-40)70-7)62(6)61-59-44)22-41(30)29-63-28-31(2)71-47-24-37(17-20-49(47)73(63,68)69)36-11-9-8-10-12-39(21-36)46(65)27-45-54-60-58-34(5)64(54)55-51(32(3)33(4)72-55)52(57-45)35-15-18-42(56)19-16-35/h13-20,22-25,31,36,39,43,45H,8-12,21,26-29H2,1-7H3,(H,66,67). The number of halogens is 1. The summed E-state index contributed by atoms with van der Waals surface area (Å²) in [5, 5.41) is 29.3. The van der Waals surface area contributed by atoms with E-state index in [1.807, 2.05) is 87.5 Å². The summed E-state index contributed by atoms with van der Waals surface area (Å²) in [5.74, 6) is 0.498. The number of carbonyl (C=O) groups excluding carboxylic acids is 1. The van der Waals surface area contributed by atoms with Crippen LogP contribution in [0.5, 0.6) is 11.5 Å². The zero-order valence-electron chi connectivity index (χ0n) is 42.1. The van der Waals surface area contributed by atoms with Gasteiger partial charge in [-0.3, -0.25) is 19.1 Å². The lowest BCUT2D eigenvalue weighted by Gasteiger charge is -2.27. The number of nitrogens with zero attached hydrogens (tertiary/aromatic N) is 8. The number of carboxylic acids is 1. The van der Waals surface area contributed by atoms with E-state index in [9.17, 15) is 23.1 Å². The topological polar surface area (TPSA) is 184 Å². The quantitative estimate of drug-likeness (QED) is 0.123. The molecule has 0 saturated heterocycles. The van der Waals surface area contributed by atoms with Gasteiger partial charge in [0.1, 0.15) is 56.2 Å². The molecule has 1 fully saturated rings. The second-order valence-corrected chi connectivity index (χ2v) is 23.5. The number of aromatic nitrogens is 6. The van der Waals surface area contributed by atoms with E-state index in [2.05, 4.69) is 38.9 Å². The first kappa shape index (κ1) is 50.3. The molecule has 1 aliphatic carbocycles. The van der Waals surface area contributed by atoms with Gasteiger partial charge in [-0.05, 0) is 130 Å². The van der Waals surface area contributed by atoms with Crippen molar-refractivity contribution in [2.24, 2.45) is 18.0 Å². The highest BCUT2D eigenvalue weighted by molar-refractivity contribution is 7.89. The number of fused-ring (bicyclic) bond motifs is 5. The Morgan fingerprint density at radius 1 is 0.945 bits per heavy atom. The summed E-state index contributed by atoms with van der Waals surface area (Å²) < 4.78 is 46.9. The highest BCUT2D eigenvalue weighted by atomic mass is 35.5. The molecule has 0 spiro atoms. The van der Waals surface area contributed by atoms with Crippen molar-refractivity contribution in [3.63, 3.8) is 0 Å². The maximum atomic E-state index is 14.8. The zero-order valence-corrected chi connectivity index (χ0v) is 44.4. The fourth-order valence-corrected chi connectivity index (χ4v) is 14.0. The number of carboxylic acid groups (broad SMARTS) is 1. The third kappa shape index (κ3) is 9.72. The first-order chi connectivity index (χ1) is 35.0.